The van der Waals surface area contributed by atoms with Gasteiger partial charge in [-0.05, 0) is 40.9 Å². The summed E-state index contributed by atoms with van der Waals surface area (Å²) in [5, 5.41) is 11.0. The normalized spacial score (nSPS) is 14.9. The van der Waals surface area contributed by atoms with Crippen molar-refractivity contribution in [1.29, 1.82) is 0 Å². The number of hydrogen-bond donors (Lipinski definition) is 0. The summed E-state index contributed by atoms with van der Waals surface area (Å²) in [5.74, 6) is -0.169. The number of amides is 1. The number of nitro groups is 1. The third-order valence-corrected chi connectivity index (χ3v) is 4.41. The molecule has 0 unspecified atom stereocenters. The van der Waals surface area contributed by atoms with Crippen LogP contribution in [0.2, 0.25) is 0 Å². The molecule has 0 bridgehead atoms. The molecule has 0 heterocycles. The van der Waals surface area contributed by atoms with E-state index >= 15 is 0 Å². The minimum absolute atomic E-state index is 0.0918. The van der Waals surface area contributed by atoms with Crippen LogP contribution in [0.1, 0.15) is 36.0 Å². The van der Waals surface area contributed by atoms with Crippen molar-refractivity contribution in [2.24, 2.45) is 0 Å². The number of carbonyl (C=O) groups is 1. The Kier molecular flexibility index (Phi) is 5.12. The molecule has 0 aliphatic heterocycles. The number of hydrogen-bond acceptors (Lipinski definition) is 3. The molecule has 0 saturated heterocycles. The van der Waals surface area contributed by atoms with Gasteiger partial charge in [-0.15, -0.1) is 6.58 Å². The van der Waals surface area contributed by atoms with Crippen molar-refractivity contribution in [2.45, 2.75) is 31.7 Å². The van der Waals surface area contributed by atoms with Crippen LogP contribution in [0.25, 0.3) is 0 Å². The van der Waals surface area contributed by atoms with Gasteiger partial charge in [-0.25, -0.2) is 0 Å². The van der Waals surface area contributed by atoms with Crippen molar-refractivity contribution in [3.63, 3.8) is 0 Å². The average molecular weight is 353 g/mol. The molecule has 1 saturated carbocycles. The second-order valence-corrected chi connectivity index (χ2v) is 5.96. The fraction of sp³-hybridized carbons (Fsp3) is 0.400. The molecule has 1 aromatic rings. The Bertz CT molecular complexity index is 568. The summed E-state index contributed by atoms with van der Waals surface area (Å²) in [6, 6.07) is 4.70. The lowest BCUT2D eigenvalue weighted by molar-refractivity contribution is -0.385. The lowest BCUT2D eigenvalue weighted by Crippen LogP contribution is -2.38. The first-order valence-electron chi connectivity index (χ1n) is 6.90. The van der Waals surface area contributed by atoms with E-state index in [4.69, 9.17) is 0 Å². The van der Waals surface area contributed by atoms with Gasteiger partial charge in [0.2, 0.25) is 0 Å². The van der Waals surface area contributed by atoms with Crippen molar-refractivity contribution in [2.75, 3.05) is 6.54 Å². The van der Waals surface area contributed by atoms with E-state index < -0.39 is 4.92 Å². The molecule has 0 aromatic heterocycles. The van der Waals surface area contributed by atoms with Crippen LogP contribution in [0.3, 0.4) is 0 Å². The molecule has 21 heavy (non-hydrogen) atoms. The number of benzene rings is 1. The number of halogens is 1. The maximum atomic E-state index is 12.6. The number of nitro benzene ring substituents is 1. The van der Waals surface area contributed by atoms with Gasteiger partial charge in [-0.3, -0.25) is 14.9 Å². The molecule has 0 spiro atoms. The van der Waals surface area contributed by atoms with E-state index in [0.29, 0.717) is 16.6 Å². The summed E-state index contributed by atoms with van der Waals surface area (Å²) >= 11 is 3.13. The molecule has 6 heteroatoms. The number of rotatable bonds is 5. The number of carbonyl (C=O) groups excluding carboxylic acids is 1. The van der Waals surface area contributed by atoms with E-state index in [1.54, 1.807) is 23.1 Å². The summed E-state index contributed by atoms with van der Waals surface area (Å²) < 4.78 is 0.375. The molecule has 0 N–H and O–H groups in total. The number of nitrogens with zero attached hydrogens (tertiary/aromatic N) is 2. The summed E-state index contributed by atoms with van der Waals surface area (Å²) in [4.78, 5) is 24.9. The van der Waals surface area contributed by atoms with Gasteiger partial charge in [0.15, 0.2) is 0 Å². The van der Waals surface area contributed by atoms with Gasteiger partial charge in [0, 0.05) is 24.2 Å². The highest BCUT2D eigenvalue weighted by molar-refractivity contribution is 9.10. The van der Waals surface area contributed by atoms with E-state index in [9.17, 15) is 14.9 Å². The van der Waals surface area contributed by atoms with Crippen molar-refractivity contribution in [3.8, 4) is 0 Å². The third kappa shape index (κ3) is 3.50. The Morgan fingerprint density at radius 1 is 1.48 bits per heavy atom. The predicted molar refractivity (Wildman–Crippen MR) is 84.3 cm³/mol. The average Bonchev–Trinajstić information content (AvgIpc) is 2.98. The molecule has 0 atom stereocenters. The van der Waals surface area contributed by atoms with Gasteiger partial charge in [0.05, 0.1) is 9.40 Å². The minimum atomic E-state index is -0.492. The van der Waals surface area contributed by atoms with Crippen LogP contribution in [0, 0.1) is 10.1 Å². The van der Waals surface area contributed by atoms with Crippen LogP contribution in [0.5, 0.6) is 0 Å². The monoisotopic (exact) mass is 352 g/mol. The maximum absolute atomic E-state index is 12.6. The SMILES string of the molecule is C=CCN(C(=O)c1ccc(Br)c([N+](=O)[O-])c1)C1CCCC1. The molecule has 112 valence electrons. The Hall–Kier alpha value is -1.69. The molecule has 1 aliphatic carbocycles. The fourth-order valence-corrected chi connectivity index (χ4v) is 3.10. The van der Waals surface area contributed by atoms with Gasteiger partial charge in [-0.2, -0.15) is 0 Å². The maximum Gasteiger partial charge on any atom is 0.284 e. The van der Waals surface area contributed by atoms with Gasteiger partial charge in [0.1, 0.15) is 0 Å². The van der Waals surface area contributed by atoms with E-state index in [2.05, 4.69) is 22.5 Å². The standard InChI is InChI=1S/C15H17BrN2O3/c1-2-9-17(12-5-3-4-6-12)15(19)11-7-8-13(16)14(10-11)18(20)21/h2,7-8,10,12H,1,3-6,9H2. The molecule has 0 radical (unpaired) electrons. The first-order chi connectivity index (χ1) is 10.0. The predicted octanol–water partition coefficient (Wildman–Crippen LogP) is 3.93. The molecule has 1 amide bonds. The van der Waals surface area contributed by atoms with Crippen LogP contribution in [-0.2, 0) is 0 Å². The topological polar surface area (TPSA) is 63.5 Å². The van der Waals surface area contributed by atoms with E-state index in [-0.39, 0.29) is 17.6 Å². The van der Waals surface area contributed by atoms with Crippen LogP contribution in [0.4, 0.5) is 5.69 Å². The third-order valence-electron chi connectivity index (χ3n) is 3.74. The molecule has 5 nitrogen and oxygen atoms in total. The Morgan fingerprint density at radius 3 is 2.71 bits per heavy atom. The molecule has 2 rings (SSSR count). The first kappa shape index (κ1) is 15.7. The van der Waals surface area contributed by atoms with Gasteiger partial charge in [0.25, 0.3) is 11.6 Å². The highest BCUT2D eigenvalue weighted by Gasteiger charge is 2.27. The highest BCUT2D eigenvalue weighted by atomic mass is 79.9. The molecule has 1 aliphatic rings. The van der Waals surface area contributed by atoms with E-state index in [1.807, 2.05) is 0 Å². The van der Waals surface area contributed by atoms with Crippen LogP contribution >= 0.6 is 15.9 Å². The fourth-order valence-electron chi connectivity index (χ4n) is 2.70. The van der Waals surface area contributed by atoms with Crippen molar-refractivity contribution in [3.05, 3.63) is 51.0 Å². The van der Waals surface area contributed by atoms with Crippen molar-refractivity contribution < 1.29 is 9.72 Å². The zero-order chi connectivity index (χ0) is 15.4. The Labute approximate surface area is 131 Å². The van der Waals surface area contributed by atoms with Crippen LogP contribution in [-0.4, -0.2) is 28.3 Å². The molecular formula is C15H17BrN2O3. The molecule has 1 aromatic carbocycles. The van der Waals surface area contributed by atoms with E-state index in [1.165, 1.54) is 6.07 Å². The largest absolute Gasteiger partial charge is 0.332 e. The van der Waals surface area contributed by atoms with Gasteiger partial charge < -0.3 is 4.90 Å². The lowest BCUT2D eigenvalue weighted by Gasteiger charge is -2.28. The van der Waals surface area contributed by atoms with Crippen molar-refractivity contribution in [1.82, 2.24) is 4.90 Å². The smallest absolute Gasteiger partial charge is 0.284 e. The summed E-state index contributed by atoms with van der Waals surface area (Å²) in [6.07, 6.45) is 5.90. The zero-order valence-corrected chi connectivity index (χ0v) is 13.2. The highest BCUT2D eigenvalue weighted by Crippen LogP contribution is 2.28. The molecular weight excluding hydrogens is 336 g/mol. The van der Waals surface area contributed by atoms with Crippen molar-refractivity contribution >= 4 is 27.5 Å². The second kappa shape index (κ2) is 6.85. The quantitative estimate of drug-likeness (QED) is 0.458. The van der Waals surface area contributed by atoms with Gasteiger partial charge in [-0.1, -0.05) is 18.9 Å². The second-order valence-electron chi connectivity index (χ2n) is 5.11. The van der Waals surface area contributed by atoms with Crippen LogP contribution < -0.4 is 0 Å². The van der Waals surface area contributed by atoms with Crippen LogP contribution in [0.15, 0.2) is 35.3 Å². The first-order valence-corrected chi connectivity index (χ1v) is 7.69. The Morgan fingerprint density at radius 2 is 2.14 bits per heavy atom. The summed E-state index contributed by atoms with van der Waals surface area (Å²) in [5.41, 5.74) is 0.254. The Balaban J connectivity index is 2.29. The van der Waals surface area contributed by atoms with Gasteiger partial charge >= 0.3 is 0 Å². The summed E-state index contributed by atoms with van der Waals surface area (Å²) in [6.45, 7) is 4.16. The minimum Gasteiger partial charge on any atom is -0.332 e. The lowest BCUT2D eigenvalue weighted by atomic mass is 10.1. The van der Waals surface area contributed by atoms with E-state index in [0.717, 1.165) is 25.7 Å². The summed E-state index contributed by atoms with van der Waals surface area (Å²) in [7, 11) is 0. The zero-order valence-electron chi connectivity index (χ0n) is 11.6. The molecule has 1 fully saturated rings.